The predicted molar refractivity (Wildman–Crippen MR) is 186 cm³/mol. The van der Waals surface area contributed by atoms with Crippen LogP contribution in [0.2, 0.25) is 0 Å². The summed E-state index contributed by atoms with van der Waals surface area (Å²) in [6.07, 6.45) is 4.83. The van der Waals surface area contributed by atoms with Crippen molar-refractivity contribution in [3.63, 3.8) is 0 Å². The Morgan fingerprint density at radius 1 is 0.729 bits per heavy atom. The Labute approximate surface area is 277 Å². The molecule has 48 heavy (non-hydrogen) atoms. The fourth-order valence-electron chi connectivity index (χ4n) is 6.96. The van der Waals surface area contributed by atoms with E-state index >= 15 is 0 Å². The van der Waals surface area contributed by atoms with E-state index in [0.29, 0.717) is 37.0 Å². The van der Waals surface area contributed by atoms with Crippen LogP contribution in [0.3, 0.4) is 0 Å². The smallest absolute Gasteiger partial charge is 0.264 e. The summed E-state index contributed by atoms with van der Waals surface area (Å²) in [6, 6.07) is 23.6. The third kappa shape index (κ3) is 5.85. The van der Waals surface area contributed by atoms with Crippen molar-refractivity contribution in [1.29, 1.82) is 0 Å². The van der Waals surface area contributed by atoms with Gasteiger partial charge in [0.15, 0.2) is 0 Å². The molecule has 0 unspecified atom stereocenters. The van der Waals surface area contributed by atoms with Crippen molar-refractivity contribution in [3.8, 4) is 0 Å². The summed E-state index contributed by atoms with van der Waals surface area (Å²) in [7, 11) is -8.17. The number of allylic oxidation sites excluding steroid dienone is 3. The fraction of sp³-hybridized carbons (Fsp3) is 0.222. The quantitative estimate of drug-likeness (QED) is 0.0697. The van der Waals surface area contributed by atoms with Crippen molar-refractivity contribution in [2.45, 2.75) is 32.2 Å². The lowest BCUT2D eigenvalue weighted by atomic mass is 9.86. The first-order valence-electron chi connectivity index (χ1n) is 15.7. The number of benzene rings is 4. The lowest BCUT2D eigenvalue weighted by molar-refractivity contribution is -0.436. The van der Waals surface area contributed by atoms with Gasteiger partial charge in [0, 0.05) is 46.7 Å². The number of hydrogen-bond donors (Lipinski definition) is 3. The van der Waals surface area contributed by atoms with Gasteiger partial charge >= 0.3 is 0 Å². The third-order valence-electron chi connectivity index (χ3n) is 9.11. The molecule has 7 rings (SSSR count). The van der Waals surface area contributed by atoms with E-state index in [1.165, 1.54) is 0 Å². The molecule has 12 heteroatoms. The number of aliphatic hydroxyl groups is 1. The number of Topliss-reactive ketones (excluding diaryl/α,β-unsaturated/α-hetero) is 1. The van der Waals surface area contributed by atoms with Crippen LogP contribution in [0.1, 0.15) is 31.2 Å². The SMILES string of the molecule is O=C1C(/C=c2\c3cccc4cccc(c43)n2CCCCS(=O)(=O)O)=C(O)C/1=C\C1=[N+](CCCCS(=O)(=O)O)c2cccc3cccc1c23. The van der Waals surface area contributed by atoms with Crippen molar-refractivity contribution in [1.82, 2.24) is 4.57 Å². The predicted octanol–water partition coefficient (Wildman–Crippen LogP) is 5.25. The maximum atomic E-state index is 13.8. The molecule has 1 aliphatic heterocycles. The second-order valence-electron chi connectivity index (χ2n) is 12.2. The number of nitrogens with zero attached hydrogens (tertiary/aromatic N) is 2. The highest BCUT2D eigenvalue weighted by Crippen LogP contribution is 2.38. The van der Waals surface area contributed by atoms with Crippen LogP contribution >= 0.6 is 0 Å². The van der Waals surface area contributed by atoms with Gasteiger partial charge in [-0.15, -0.1) is 0 Å². The van der Waals surface area contributed by atoms with E-state index in [0.717, 1.165) is 43.7 Å². The van der Waals surface area contributed by atoms with Gasteiger partial charge in [-0.2, -0.15) is 21.4 Å². The molecule has 3 N–H and O–H groups in total. The normalized spacial score (nSPS) is 16.4. The third-order valence-corrected chi connectivity index (χ3v) is 10.7. The number of aromatic nitrogens is 1. The fourth-order valence-corrected chi connectivity index (χ4v) is 8.09. The van der Waals surface area contributed by atoms with Gasteiger partial charge in [0.1, 0.15) is 12.3 Å². The van der Waals surface area contributed by atoms with Gasteiger partial charge in [-0.25, -0.2) is 0 Å². The molecule has 0 spiro atoms. The highest BCUT2D eigenvalue weighted by molar-refractivity contribution is 7.86. The minimum Gasteiger partial charge on any atom is -0.506 e. The molecule has 0 radical (unpaired) electrons. The summed E-state index contributed by atoms with van der Waals surface area (Å²) in [5, 5.41) is 17.0. The molecule has 1 aliphatic carbocycles. The Kier molecular flexibility index (Phi) is 8.07. The number of unbranched alkanes of at least 4 members (excludes halogenated alkanes) is 2. The Hall–Kier alpha value is -4.62. The summed E-state index contributed by atoms with van der Waals surface area (Å²) >= 11 is 0. The molecule has 0 amide bonds. The highest BCUT2D eigenvalue weighted by atomic mass is 32.2. The zero-order chi connectivity index (χ0) is 33.8. The molecule has 0 fully saturated rings. The van der Waals surface area contributed by atoms with Crippen LogP contribution in [-0.2, 0) is 31.6 Å². The van der Waals surface area contributed by atoms with Crippen molar-refractivity contribution in [2.75, 3.05) is 18.1 Å². The summed E-state index contributed by atoms with van der Waals surface area (Å²) in [6.45, 7) is 0.875. The van der Waals surface area contributed by atoms with Crippen LogP contribution in [-0.4, -0.2) is 69.7 Å². The Balaban J connectivity index is 1.30. The first kappa shape index (κ1) is 32.0. The van der Waals surface area contributed by atoms with Gasteiger partial charge in [0.2, 0.25) is 17.2 Å². The largest absolute Gasteiger partial charge is 0.506 e. The van der Waals surface area contributed by atoms with E-state index in [-0.39, 0.29) is 47.0 Å². The molecule has 0 saturated carbocycles. The number of carbonyl (C=O) groups excluding carboxylic acids is 1. The van der Waals surface area contributed by atoms with E-state index in [2.05, 4.69) is 0 Å². The standard InChI is InChI=1S/C36H32N2O8S2/c39-35-27(21-31-25-13-5-9-23-11-7-15-29(33(23)25)37(31)17-1-3-19-47(41,42)43)36(40)28(35)22-32-26-14-6-10-24-12-8-16-30(34(24)26)38(32)18-2-4-20-48(44,45)46/h5-16,21-22H,1-4,17-20H2,(H2-,39,40,41,42,43,44,45,46)/p+1. The summed E-state index contributed by atoms with van der Waals surface area (Å²) in [4.78, 5) is 13.8. The van der Waals surface area contributed by atoms with Gasteiger partial charge in [-0.3, -0.25) is 13.9 Å². The van der Waals surface area contributed by atoms with Crippen LogP contribution < -0.4 is 5.35 Å². The molecule has 0 bridgehead atoms. The Morgan fingerprint density at radius 3 is 2.04 bits per heavy atom. The topological polar surface area (TPSA) is 154 Å². The van der Waals surface area contributed by atoms with Crippen LogP contribution in [0.4, 0.5) is 5.69 Å². The number of aryl methyl sites for hydroxylation is 1. The van der Waals surface area contributed by atoms with Crippen molar-refractivity contribution in [3.05, 3.63) is 107 Å². The van der Waals surface area contributed by atoms with Gasteiger partial charge in [0.25, 0.3) is 20.2 Å². The van der Waals surface area contributed by atoms with Gasteiger partial charge in [-0.1, -0.05) is 54.6 Å². The lowest BCUT2D eigenvalue weighted by Gasteiger charge is -2.18. The van der Waals surface area contributed by atoms with Gasteiger partial charge < -0.3 is 9.67 Å². The molecule has 4 aromatic carbocycles. The monoisotopic (exact) mass is 685 g/mol. The summed E-state index contributed by atoms with van der Waals surface area (Å²) in [5.41, 5.74) is 3.78. The van der Waals surface area contributed by atoms with E-state index in [9.17, 15) is 35.8 Å². The number of ketones is 1. The summed E-state index contributed by atoms with van der Waals surface area (Å²) in [5.74, 6) is -1.15. The van der Waals surface area contributed by atoms with Gasteiger partial charge in [-0.05, 0) is 48.2 Å². The molecule has 0 saturated heterocycles. The number of rotatable bonds is 12. The molecule has 1 aromatic heterocycles. The molecule has 2 aliphatic rings. The second kappa shape index (κ2) is 12.1. The summed E-state index contributed by atoms with van der Waals surface area (Å²) < 4.78 is 67.6. The molecule has 5 aromatic rings. The first-order chi connectivity index (χ1) is 22.9. The zero-order valence-electron chi connectivity index (χ0n) is 25.8. The minimum atomic E-state index is -4.08. The van der Waals surface area contributed by atoms with E-state index in [1.807, 2.05) is 81.9 Å². The van der Waals surface area contributed by atoms with E-state index in [4.69, 9.17) is 0 Å². The minimum absolute atomic E-state index is 0.135. The Morgan fingerprint density at radius 2 is 1.35 bits per heavy atom. The molecule has 10 nitrogen and oxygen atoms in total. The number of carbonyl (C=O) groups is 1. The maximum absolute atomic E-state index is 13.8. The van der Waals surface area contributed by atoms with Crippen LogP contribution in [0.25, 0.3) is 38.5 Å². The highest BCUT2D eigenvalue weighted by Gasteiger charge is 2.37. The van der Waals surface area contributed by atoms with Crippen molar-refractivity contribution >= 4 is 75.9 Å². The molecule has 246 valence electrons. The molecule has 0 atom stereocenters. The molecular formula is C36H33N2O8S2+. The van der Waals surface area contributed by atoms with Crippen molar-refractivity contribution in [2.24, 2.45) is 0 Å². The average molecular weight is 686 g/mol. The van der Waals surface area contributed by atoms with Crippen LogP contribution in [0, 0.1) is 0 Å². The Bertz CT molecular complexity index is 2530. The first-order valence-corrected chi connectivity index (χ1v) is 18.9. The number of hydrogen-bond acceptors (Lipinski definition) is 6. The average Bonchev–Trinajstić information content (AvgIpc) is 3.52. The van der Waals surface area contributed by atoms with Crippen LogP contribution in [0.5, 0.6) is 0 Å². The van der Waals surface area contributed by atoms with Crippen LogP contribution in [0.15, 0.2) is 95.8 Å². The second-order valence-corrected chi connectivity index (χ2v) is 15.4. The van der Waals surface area contributed by atoms with Crippen molar-refractivity contribution < 1.29 is 40.4 Å². The lowest BCUT2D eigenvalue weighted by Crippen LogP contribution is -2.26. The molecular weight excluding hydrogens is 653 g/mol. The number of aliphatic hydroxyl groups excluding tert-OH is 1. The zero-order valence-corrected chi connectivity index (χ0v) is 27.5. The van der Waals surface area contributed by atoms with Gasteiger partial charge in [0.05, 0.1) is 33.6 Å². The van der Waals surface area contributed by atoms with E-state index in [1.54, 1.807) is 12.2 Å². The van der Waals surface area contributed by atoms with E-state index < -0.39 is 20.2 Å². The molecule has 2 heterocycles. The maximum Gasteiger partial charge on any atom is 0.264 e.